The van der Waals surface area contributed by atoms with Gasteiger partial charge in [0, 0.05) is 13.0 Å². The van der Waals surface area contributed by atoms with Crippen LogP contribution in [0.15, 0.2) is 24.3 Å². The number of amides is 1. The van der Waals surface area contributed by atoms with Gasteiger partial charge in [0.05, 0.1) is 6.04 Å². The van der Waals surface area contributed by atoms with E-state index in [1.54, 1.807) is 6.92 Å². The van der Waals surface area contributed by atoms with Crippen molar-refractivity contribution in [2.24, 2.45) is 5.73 Å². The maximum absolute atomic E-state index is 12.0. The van der Waals surface area contributed by atoms with Crippen molar-refractivity contribution in [2.75, 3.05) is 0 Å². The van der Waals surface area contributed by atoms with Gasteiger partial charge in [0.15, 0.2) is 0 Å². The van der Waals surface area contributed by atoms with E-state index in [0.29, 0.717) is 13.0 Å². The number of carboxylic acid groups (broad SMARTS) is 1. The lowest BCUT2D eigenvalue weighted by molar-refractivity contribution is -0.151. The van der Waals surface area contributed by atoms with Crippen molar-refractivity contribution in [3.05, 3.63) is 35.4 Å². The molecule has 0 bridgehead atoms. The SMILES string of the molecule is CC(N)C(=O)N1Cc2ccccc2CC1C(=O)O. The van der Waals surface area contributed by atoms with Gasteiger partial charge < -0.3 is 15.7 Å². The van der Waals surface area contributed by atoms with Gasteiger partial charge in [-0.05, 0) is 18.1 Å². The van der Waals surface area contributed by atoms with Crippen LogP contribution in [-0.2, 0) is 22.6 Å². The number of aliphatic carboxylic acids is 1. The Hall–Kier alpha value is -1.88. The minimum absolute atomic E-state index is 0.313. The number of carboxylic acids is 1. The van der Waals surface area contributed by atoms with Gasteiger partial charge in [0.2, 0.25) is 5.91 Å². The second kappa shape index (κ2) is 4.78. The monoisotopic (exact) mass is 248 g/mol. The highest BCUT2D eigenvalue weighted by atomic mass is 16.4. The Morgan fingerprint density at radius 1 is 1.39 bits per heavy atom. The summed E-state index contributed by atoms with van der Waals surface area (Å²) < 4.78 is 0. The Labute approximate surface area is 105 Å². The fourth-order valence-electron chi connectivity index (χ4n) is 2.24. The van der Waals surface area contributed by atoms with Crippen molar-refractivity contribution in [2.45, 2.75) is 32.0 Å². The first kappa shape index (κ1) is 12.6. The molecule has 0 aliphatic carbocycles. The van der Waals surface area contributed by atoms with Gasteiger partial charge in [-0.2, -0.15) is 0 Å². The lowest BCUT2D eigenvalue weighted by atomic mass is 9.93. The van der Waals surface area contributed by atoms with E-state index < -0.39 is 18.1 Å². The van der Waals surface area contributed by atoms with Crippen LogP contribution < -0.4 is 5.73 Å². The summed E-state index contributed by atoms with van der Waals surface area (Å²) in [5, 5.41) is 9.23. The highest BCUT2D eigenvalue weighted by molar-refractivity contribution is 5.87. The Morgan fingerprint density at radius 2 is 2.00 bits per heavy atom. The third kappa shape index (κ3) is 2.22. The largest absolute Gasteiger partial charge is 0.480 e. The van der Waals surface area contributed by atoms with Crippen molar-refractivity contribution in [1.82, 2.24) is 4.90 Å². The van der Waals surface area contributed by atoms with Crippen molar-refractivity contribution < 1.29 is 14.7 Å². The number of fused-ring (bicyclic) bond motifs is 1. The van der Waals surface area contributed by atoms with Crippen LogP contribution >= 0.6 is 0 Å². The van der Waals surface area contributed by atoms with E-state index in [4.69, 9.17) is 5.73 Å². The Bertz CT molecular complexity index is 485. The minimum atomic E-state index is -0.987. The number of hydrogen-bond acceptors (Lipinski definition) is 3. The number of rotatable bonds is 2. The van der Waals surface area contributed by atoms with Crippen LogP contribution in [0.25, 0.3) is 0 Å². The van der Waals surface area contributed by atoms with E-state index in [1.807, 2.05) is 24.3 Å². The number of benzene rings is 1. The molecule has 2 rings (SSSR count). The standard InChI is InChI=1S/C13H16N2O3/c1-8(14)12(16)15-7-10-5-3-2-4-9(10)6-11(15)13(17)18/h2-5,8,11H,6-7,14H2,1H3,(H,17,18). The quantitative estimate of drug-likeness (QED) is 0.792. The van der Waals surface area contributed by atoms with Gasteiger partial charge >= 0.3 is 5.97 Å². The summed E-state index contributed by atoms with van der Waals surface area (Å²) in [6, 6.07) is 6.07. The highest BCUT2D eigenvalue weighted by Crippen LogP contribution is 2.23. The van der Waals surface area contributed by atoms with E-state index in [0.717, 1.165) is 11.1 Å². The van der Waals surface area contributed by atoms with E-state index in [2.05, 4.69) is 0 Å². The predicted molar refractivity (Wildman–Crippen MR) is 65.8 cm³/mol. The van der Waals surface area contributed by atoms with Crippen molar-refractivity contribution in [3.8, 4) is 0 Å². The van der Waals surface area contributed by atoms with Crippen molar-refractivity contribution in [1.29, 1.82) is 0 Å². The van der Waals surface area contributed by atoms with Crippen LogP contribution in [-0.4, -0.2) is 34.0 Å². The van der Waals surface area contributed by atoms with Crippen LogP contribution in [0, 0.1) is 0 Å². The molecule has 5 heteroatoms. The summed E-state index contributed by atoms with van der Waals surface area (Å²) in [5.41, 5.74) is 7.54. The molecule has 0 aromatic heterocycles. The molecule has 1 aromatic rings. The third-order valence-corrected chi connectivity index (χ3v) is 3.21. The van der Waals surface area contributed by atoms with E-state index in [1.165, 1.54) is 4.90 Å². The minimum Gasteiger partial charge on any atom is -0.480 e. The van der Waals surface area contributed by atoms with Gasteiger partial charge in [-0.1, -0.05) is 24.3 Å². The first-order valence-electron chi connectivity index (χ1n) is 5.86. The number of nitrogens with zero attached hydrogens (tertiary/aromatic N) is 1. The molecular weight excluding hydrogens is 232 g/mol. The molecule has 0 fully saturated rings. The smallest absolute Gasteiger partial charge is 0.326 e. The van der Waals surface area contributed by atoms with E-state index in [-0.39, 0.29) is 5.91 Å². The molecule has 2 unspecified atom stereocenters. The molecule has 1 aromatic carbocycles. The summed E-state index contributed by atoms with van der Waals surface area (Å²) in [7, 11) is 0. The molecule has 2 atom stereocenters. The number of nitrogens with two attached hydrogens (primary N) is 1. The molecule has 3 N–H and O–H groups in total. The zero-order valence-corrected chi connectivity index (χ0v) is 10.2. The van der Waals surface area contributed by atoms with Gasteiger partial charge in [0.25, 0.3) is 0 Å². The van der Waals surface area contributed by atoms with E-state index in [9.17, 15) is 14.7 Å². The number of carbonyl (C=O) groups is 2. The van der Waals surface area contributed by atoms with Gasteiger partial charge in [0.1, 0.15) is 6.04 Å². The van der Waals surface area contributed by atoms with E-state index >= 15 is 0 Å². The first-order valence-corrected chi connectivity index (χ1v) is 5.86. The second-order valence-electron chi connectivity index (χ2n) is 4.58. The molecule has 0 spiro atoms. The Kier molecular flexibility index (Phi) is 3.34. The summed E-state index contributed by atoms with van der Waals surface area (Å²) in [5.74, 6) is -1.31. The topological polar surface area (TPSA) is 83.6 Å². The van der Waals surface area contributed by atoms with Gasteiger partial charge in [-0.3, -0.25) is 4.79 Å². The highest BCUT2D eigenvalue weighted by Gasteiger charge is 2.35. The molecular formula is C13H16N2O3. The molecule has 1 heterocycles. The molecule has 5 nitrogen and oxygen atoms in total. The molecule has 0 radical (unpaired) electrons. The Balaban J connectivity index is 2.34. The fourth-order valence-corrected chi connectivity index (χ4v) is 2.24. The Morgan fingerprint density at radius 3 is 2.56 bits per heavy atom. The summed E-state index contributed by atoms with van der Waals surface area (Å²) >= 11 is 0. The second-order valence-corrected chi connectivity index (χ2v) is 4.58. The molecule has 1 amide bonds. The summed E-state index contributed by atoms with van der Waals surface area (Å²) in [6.07, 6.45) is 0.337. The molecule has 1 aliphatic heterocycles. The molecule has 1 aliphatic rings. The fraction of sp³-hybridized carbons (Fsp3) is 0.385. The summed E-state index contributed by atoms with van der Waals surface area (Å²) in [6.45, 7) is 1.88. The number of hydrogen-bond donors (Lipinski definition) is 2. The molecule has 18 heavy (non-hydrogen) atoms. The lowest BCUT2D eigenvalue weighted by Crippen LogP contribution is -2.53. The van der Waals surface area contributed by atoms with Crippen LogP contribution in [0.3, 0.4) is 0 Å². The van der Waals surface area contributed by atoms with Crippen LogP contribution in [0.1, 0.15) is 18.1 Å². The van der Waals surface area contributed by atoms with Crippen LogP contribution in [0.2, 0.25) is 0 Å². The number of carbonyl (C=O) groups excluding carboxylic acids is 1. The van der Waals surface area contributed by atoms with Gasteiger partial charge in [-0.15, -0.1) is 0 Å². The van der Waals surface area contributed by atoms with Crippen LogP contribution in [0.4, 0.5) is 0 Å². The zero-order valence-electron chi connectivity index (χ0n) is 10.2. The predicted octanol–water partition coefficient (Wildman–Crippen LogP) is 0.372. The van der Waals surface area contributed by atoms with Crippen LogP contribution in [0.5, 0.6) is 0 Å². The third-order valence-electron chi connectivity index (χ3n) is 3.21. The van der Waals surface area contributed by atoms with Crippen molar-refractivity contribution in [3.63, 3.8) is 0 Å². The zero-order chi connectivity index (χ0) is 13.3. The van der Waals surface area contributed by atoms with Crippen molar-refractivity contribution >= 4 is 11.9 Å². The summed E-state index contributed by atoms with van der Waals surface area (Å²) in [4.78, 5) is 24.6. The average Bonchev–Trinajstić information content (AvgIpc) is 2.36. The molecule has 0 saturated carbocycles. The molecule has 0 saturated heterocycles. The normalized spacial score (nSPS) is 20.1. The lowest BCUT2D eigenvalue weighted by Gasteiger charge is -2.35. The average molecular weight is 248 g/mol. The maximum atomic E-state index is 12.0. The molecule has 96 valence electrons. The van der Waals surface area contributed by atoms with Gasteiger partial charge in [-0.25, -0.2) is 4.79 Å². The first-order chi connectivity index (χ1) is 8.50. The maximum Gasteiger partial charge on any atom is 0.326 e.